The summed E-state index contributed by atoms with van der Waals surface area (Å²) in [4.78, 5) is 17.7. The number of para-hydroxylation sites is 1. The van der Waals surface area contributed by atoms with Gasteiger partial charge in [0.15, 0.2) is 0 Å². The smallest absolute Gasteiger partial charge is 0.231 e. The van der Waals surface area contributed by atoms with Crippen LogP contribution in [-0.2, 0) is 17.6 Å². The molecule has 0 radical (unpaired) electrons. The van der Waals surface area contributed by atoms with Crippen LogP contribution >= 0.6 is 23.2 Å². The van der Waals surface area contributed by atoms with Gasteiger partial charge in [0.2, 0.25) is 5.91 Å². The average Bonchev–Trinajstić information content (AvgIpc) is 2.86. The number of carbonyl (C=O) groups excluding carboxylic acids is 1. The van der Waals surface area contributed by atoms with Crippen LogP contribution in [0.25, 0.3) is 0 Å². The number of benzene rings is 3. The maximum absolute atomic E-state index is 13.2. The fourth-order valence-electron chi connectivity index (χ4n) is 4.74. The largest absolute Gasteiger partial charge is 0.312 e. The molecule has 1 amide bonds. The Morgan fingerprint density at radius 3 is 2.21 bits per heavy atom. The number of amides is 1. The monoisotopic (exact) mass is 494 g/mol. The van der Waals surface area contributed by atoms with Crippen molar-refractivity contribution in [1.82, 2.24) is 4.90 Å². The summed E-state index contributed by atoms with van der Waals surface area (Å²) < 4.78 is 0. The van der Waals surface area contributed by atoms with Crippen LogP contribution in [0.4, 0.5) is 5.69 Å². The third-order valence-electron chi connectivity index (χ3n) is 6.64. The first-order valence-corrected chi connectivity index (χ1v) is 12.9. The topological polar surface area (TPSA) is 23.6 Å². The highest BCUT2D eigenvalue weighted by Gasteiger charge is 2.21. The maximum Gasteiger partial charge on any atom is 0.231 e. The van der Waals surface area contributed by atoms with Crippen molar-refractivity contribution in [3.05, 3.63) is 100 Å². The van der Waals surface area contributed by atoms with Crippen LogP contribution < -0.4 is 4.90 Å². The summed E-state index contributed by atoms with van der Waals surface area (Å²) >= 11 is 12.2. The molecule has 4 rings (SSSR count). The molecule has 1 aliphatic heterocycles. The quantitative estimate of drug-likeness (QED) is 0.322. The minimum Gasteiger partial charge on any atom is -0.312 e. The third-order valence-corrected chi connectivity index (χ3v) is 7.38. The highest BCUT2D eigenvalue weighted by molar-refractivity contribution is 6.42. The van der Waals surface area contributed by atoms with Crippen LogP contribution in [0.2, 0.25) is 10.0 Å². The summed E-state index contributed by atoms with van der Waals surface area (Å²) in [5, 5.41) is 0.985. The second kappa shape index (κ2) is 12.4. The van der Waals surface area contributed by atoms with E-state index in [0.29, 0.717) is 23.0 Å². The van der Waals surface area contributed by atoms with Gasteiger partial charge in [-0.2, -0.15) is 0 Å². The summed E-state index contributed by atoms with van der Waals surface area (Å²) in [5.74, 6) is 0.846. The summed E-state index contributed by atoms with van der Waals surface area (Å²) in [5.41, 5.74) is 3.26. The van der Waals surface area contributed by atoms with Crippen LogP contribution in [0.1, 0.15) is 30.4 Å². The van der Waals surface area contributed by atoms with Gasteiger partial charge < -0.3 is 9.80 Å². The van der Waals surface area contributed by atoms with E-state index in [1.807, 2.05) is 41.3 Å². The Kier molecular flexibility index (Phi) is 9.04. The van der Waals surface area contributed by atoms with Crippen molar-refractivity contribution in [2.24, 2.45) is 5.92 Å². The number of hydrogen-bond acceptors (Lipinski definition) is 2. The first-order valence-electron chi connectivity index (χ1n) is 12.1. The summed E-state index contributed by atoms with van der Waals surface area (Å²) in [7, 11) is 0. The fraction of sp³-hybridized carbons (Fsp3) is 0.345. The number of nitrogens with zero attached hydrogens (tertiary/aromatic N) is 2. The molecule has 0 spiro atoms. The van der Waals surface area contributed by atoms with Crippen LogP contribution in [0.5, 0.6) is 0 Å². The molecule has 1 saturated heterocycles. The van der Waals surface area contributed by atoms with Crippen molar-refractivity contribution in [3.8, 4) is 0 Å². The van der Waals surface area contributed by atoms with Crippen molar-refractivity contribution < 1.29 is 4.79 Å². The zero-order valence-electron chi connectivity index (χ0n) is 19.5. The van der Waals surface area contributed by atoms with E-state index in [4.69, 9.17) is 23.2 Å². The molecule has 1 aliphatic rings. The van der Waals surface area contributed by atoms with Crippen LogP contribution in [0, 0.1) is 5.92 Å². The van der Waals surface area contributed by atoms with Gasteiger partial charge in [-0.1, -0.05) is 77.8 Å². The van der Waals surface area contributed by atoms with Gasteiger partial charge in [0.05, 0.1) is 16.5 Å². The number of hydrogen-bond donors (Lipinski definition) is 0. The first-order chi connectivity index (χ1) is 16.6. The molecule has 178 valence electrons. The van der Waals surface area contributed by atoms with Crippen LogP contribution in [0.15, 0.2) is 78.9 Å². The molecule has 3 aromatic rings. The van der Waals surface area contributed by atoms with Crippen LogP contribution in [0.3, 0.4) is 0 Å². The van der Waals surface area contributed by atoms with Crippen LogP contribution in [-0.4, -0.2) is 37.0 Å². The average molecular weight is 495 g/mol. The second-order valence-corrected chi connectivity index (χ2v) is 9.95. The molecule has 34 heavy (non-hydrogen) atoms. The molecule has 0 aromatic heterocycles. The van der Waals surface area contributed by atoms with Gasteiger partial charge in [-0.25, -0.2) is 0 Å². The lowest BCUT2D eigenvalue weighted by Crippen LogP contribution is -2.38. The highest BCUT2D eigenvalue weighted by atomic mass is 35.5. The molecule has 0 bridgehead atoms. The third kappa shape index (κ3) is 7.09. The Morgan fingerprint density at radius 1 is 0.853 bits per heavy atom. The molecule has 3 aromatic carbocycles. The molecular weight excluding hydrogens is 463 g/mol. The fourth-order valence-corrected chi connectivity index (χ4v) is 5.06. The molecule has 1 heterocycles. The van der Waals surface area contributed by atoms with Gasteiger partial charge in [-0.3, -0.25) is 4.79 Å². The van der Waals surface area contributed by atoms with Gasteiger partial charge in [-0.15, -0.1) is 0 Å². The van der Waals surface area contributed by atoms with E-state index in [9.17, 15) is 4.79 Å². The van der Waals surface area contributed by atoms with Crippen molar-refractivity contribution in [3.63, 3.8) is 0 Å². The highest BCUT2D eigenvalue weighted by Crippen LogP contribution is 2.24. The molecule has 1 fully saturated rings. The number of anilines is 1. The minimum atomic E-state index is 0.0751. The zero-order valence-corrected chi connectivity index (χ0v) is 21.0. The van der Waals surface area contributed by atoms with Crippen molar-refractivity contribution in [2.45, 2.75) is 32.1 Å². The molecule has 0 aliphatic carbocycles. The summed E-state index contributed by atoms with van der Waals surface area (Å²) in [6, 6.07) is 26.2. The molecule has 3 nitrogen and oxygen atoms in total. The molecule has 5 heteroatoms. The molecule has 0 N–H and O–H groups in total. The van der Waals surface area contributed by atoms with E-state index in [2.05, 4.69) is 35.2 Å². The lowest BCUT2D eigenvalue weighted by Gasteiger charge is -2.32. The number of halogens is 2. The molecule has 0 saturated carbocycles. The van der Waals surface area contributed by atoms with Gasteiger partial charge in [0.25, 0.3) is 0 Å². The summed E-state index contributed by atoms with van der Waals surface area (Å²) in [6.45, 7) is 4.00. The van der Waals surface area contributed by atoms with E-state index in [-0.39, 0.29) is 5.91 Å². The zero-order chi connectivity index (χ0) is 23.8. The predicted octanol–water partition coefficient (Wildman–Crippen LogP) is 6.91. The lowest BCUT2D eigenvalue weighted by atomic mass is 9.90. The summed E-state index contributed by atoms with van der Waals surface area (Å²) in [6.07, 6.45) is 4.92. The van der Waals surface area contributed by atoms with Crippen molar-refractivity contribution >= 4 is 34.8 Å². The maximum atomic E-state index is 13.2. The Balaban J connectivity index is 1.29. The molecular formula is C29H32Cl2N2O. The number of rotatable bonds is 9. The number of likely N-dealkylation sites (tertiary alicyclic amines) is 1. The van der Waals surface area contributed by atoms with Gasteiger partial charge in [0, 0.05) is 12.2 Å². The number of carbonyl (C=O) groups is 1. The van der Waals surface area contributed by atoms with E-state index in [1.54, 1.807) is 12.1 Å². The molecule has 0 atom stereocenters. The van der Waals surface area contributed by atoms with Crippen molar-refractivity contribution in [2.75, 3.05) is 31.1 Å². The molecule has 0 unspecified atom stereocenters. The standard InChI is InChI=1S/C29H32Cl2N2O/c30-27-13-12-25(21-28(27)31)22-29(34)33(26-10-5-2-6-11-26)17-7-16-32-18-14-24(15-19-32)20-23-8-3-1-4-9-23/h1-6,8-13,21,24H,7,14-20,22H2. The van der Waals surface area contributed by atoms with E-state index in [1.165, 1.54) is 24.8 Å². The second-order valence-electron chi connectivity index (χ2n) is 9.13. The van der Waals surface area contributed by atoms with Gasteiger partial charge >= 0.3 is 0 Å². The Morgan fingerprint density at radius 2 is 1.53 bits per heavy atom. The van der Waals surface area contributed by atoms with Gasteiger partial charge in [-0.05, 0) is 86.6 Å². The van der Waals surface area contributed by atoms with Crippen molar-refractivity contribution in [1.29, 1.82) is 0 Å². The first kappa shape index (κ1) is 24.8. The Hall–Kier alpha value is -2.33. The minimum absolute atomic E-state index is 0.0751. The Labute approximate surface area is 213 Å². The van der Waals surface area contributed by atoms with E-state index < -0.39 is 0 Å². The van der Waals surface area contributed by atoms with Gasteiger partial charge in [0.1, 0.15) is 0 Å². The van der Waals surface area contributed by atoms with E-state index >= 15 is 0 Å². The lowest BCUT2D eigenvalue weighted by molar-refractivity contribution is -0.118. The normalized spacial score (nSPS) is 14.8. The van der Waals surface area contributed by atoms with E-state index in [0.717, 1.165) is 43.2 Å². The number of piperidine rings is 1. The predicted molar refractivity (Wildman–Crippen MR) is 143 cm³/mol. The Bertz CT molecular complexity index is 1050. The SMILES string of the molecule is O=C(Cc1ccc(Cl)c(Cl)c1)N(CCCN1CCC(Cc2ccccc2)CC1)c1ccccc1.